The van der Waals surface area contributed by atoms with Gasteiger partial charge >= 0.3 is 0 Å². The average Bonchev–Trinajstić information content (AvgIpc) is 2.40. The monoisotopic (exact) mass is 191 g/mol. The minimum atomic E-state index is 0.0279. The number of hydrogen-bond acceptors (Lipinski definition) is 2. The fraction of sp³-hybridized carbons (Fsp3) is 0.364. The normalized spacial score (nSPS) is 15.4. The molecular weight excluding hydrogens is 178 g/mol. The zero-order valence-corrected chi connectivity index (χ0v) is 8.17. The largest absolute Gasteiger partial charge is 0.497 e. The molecule has 1 aliphatic rings. The molecule has 1 N–H and O–H groups in total. The van der Waals surface area contributed by atoms with Crippen LogP contribution in [0.1, 0.15) is 22.3 Å². The maximum absolute atomic E-state index is 11.6. The van der Waals surface area contributed by atoms with Crippen molar-refractivity contribution in [2.45, 2.75) is 12.8 Å². The smallest absolute Gasteiger partial charge is 0.251 e. The van der Waals surface area contributed by atoms with Crippen LogP contribution >= 0.6 is 0 Å². The van der Waals surface area contributed by atoms with Crippen molar-refractivity contribution in [1.29, 1.82) is 0 Å². The second-order valence-electron chi connectivity index (χ2n) is 3.38. The Balaban J connectivity index is 2.43. The van der Waals surface area contributed by atoms with Gasteiger partial charge in [0.15, 0.2) is 0 Å². The van der Waals surface area contributed by atoms with E-state index in [9.17, 15) is 4.79 Å². The molecule has 1 heterocycles. The fourth-order valence-corrected chi connectivity index (χ4v) is 1.70. The minimum Gasteiger partial charge on any atom is -0.497 e. The molecule has 0 saturated carbocycles. The first kappa shape index (κ1) is 9.06. The summed E-state index contributed by atoms with van der Waals surface area (Å²) >= 11 is 0. The highest BCUT2D eigenvalue weighted by Gasteiger charge is 2.14. The van der Waals surface area contributed by atoms with Crippen LogP contribution in [0, 0.1) is 0 Å². The molecule has 0 spiro atoms. The first-order valence-electron chi connectivity index (χ1n) is 4.76. The second-order valence-corrected chi connectivity index (χ2v) is 3.38. The molecule has 1 aromatic rings. The molecule has 0 aliphatic carbocycles. The predicted octanol–water partition coefficient (Wildman–Crippen LogP) is 1.37. The molecule has 74 valence electrons. The third-order valence-corrected chi connectivity index (χ3v) is 2.47. The van der Waals surface area contributed by atoms with Crippen LogP contribution in [0.15, 0.2) is 18.2 Å². The number of benzene rings is 1. The average molecular weight is 191 g/mol. The molecule has 3 nitrogen and oxygen atoms in total. The molecule has 1 aromatic carbocycles. The van der Waals surface area contributed by atoms with Gasteiger partial charge in [0.1, 0.15) is 5.75 Å². The van der Waals surface area contributed by atoms with Crippen LogP contribution in [0.2, 0.25) is 0 Å². The Morgan fingerprint density at radius 1 is 1.43 bits per heavy atom. The SMILES string of the molecule is COc1ccc2c(c1)CCCNC2=O. The zero-order chi connectivity index (χ0) is 9.97. The lowest BCUT2D eigenvalue weighted by Crippen LogP contribution is -2.22. The van der Waals surface area contributed by atoms with Crippen molar-refractivity contribution in [3.63, 3.8) is 0 Å². The molecular formula is C11H13NO2. The number of aryl methyl sites for hydroxylation is 1. The van der Waals surface area contributed by atoms with Gasteiger partial charge in [0.25, 0.3) is 5.91 Å². The summed E-state index contributed by atoms with van der Waals surface area (Å²) in [6.07, 6.45) is 1.93. The van der Waals surface area contributed by atoms with Crippen LogP contribution in [0.25, 0.3) is 0 Å². The van der Waals surface area contributed by atoms with E-state index in [1.807, 2.05) is 18.2 Å². The van der Waals surface area contributed by atoms with Crippen LogP contribution in [-0.4, -0.2) is 19.6 Å². The molecule has 14 heavy (non-hydrogen) atoms. The van der Waals surface area contributed by atoms with E-state index in [2.05, 4.69) is 5.32 Å². The van der Waals surface area contributed by atoms with Crippen molar-refractivity contribution in [1.82, 2.24) is 5.32 Å². The quantitative estimate of drug-likeness (QED) is 0.728. The van der Waals surface area contributed by atoms with Crippen molar-refractivity contribution >= 4 is 5.91 Å². The number of amides is 1. The topological polar surface area (TPSA) is 38.3 Å². The van der Waals surface area contributed by atoms with E-state index in [0.717, 1.165) is 36.3 Å². The van der Waals surface area contributed by atoms with E-state index in [0.29, 0.717) is 0 Å². The molecule has 0 aromatic heterocycles. The third kappa shape index (κ3) is 1.58. The highest BCUT2D eigenvalue weighted by molar-refractivity contribution is 5.96. The van der Waals surface area contributed by atoms with E-state index in [1.54, 1.807) is 7.11 Å². The van der Waals surface area contributed by atoms with Gasteiger partial charge in [-0.05, 0) is 36.6 Å². The van der Waals surface area contributed by atoms with Gasteiger partial charge < -0.3 is 10.1 Å². The van der Waals surface area contributed by atoms with Gasteiger partial charge in [-0.1, -0.05) is 0 Å². The first-order valence-corrected chi connectivity index (χ1v) is 4.76. The lowest BCUT2D eigenvalue weighted by atomic mass is 10.0. The Kier molecular flexibility index (Phi) is 2.39. The van der Waals surface area contributed by atoms with Crippen LogP contribution < -0.4 is 10.1 Å². The van der Waals surface area contributed by atoms with Crippen molar-refractivity contribution < 1.29 is 9.53 Å². The van der Waals surface area contributed by atoms with Crippen molar-refractivity contribution in [2.24, 2.45) is 0 Å². The summed E-state index contributed by atoms with van der Waals surface area (Å²) < 4.78 is 5.12. The Hall–Kier alpha value is -1.51. The Morgan fingerprint density at radius 3 is 3.07 bits per heavy atom. The number of nitrogens with one attached hydrogen (secondary N) is 1. The molecule has 0 saturated heterocycles. The molecule has 0 unspecified atom stereocenters. The van der Waals surface area contributed by atoms with E-state index in [1.165, 1.54) is 0 Å². The van der Waals surface area contributed by atoms with Gasteiger partial charge in [-0.15, -0.1) is 0 Å². The highest BCUT2D eigenvalue weighted by atomic mass is 16.5. The number of fused-ring (bicyclic) bond motifs is 1. The number of hydrogen-bond donors (Lipinski definition) is 1. The van der Waals surface area contributed by atoms with Gasteiger partial charge in [-0.3, -0.25) is 4.79 Å². The molecule has 3 heteroatoms. The van der Waals surface area contributed by atoms with Crippen molar-refractivity contribution in [3.05, 3.63) is 29.3 Å². The summed E-state index contributed by atoms with van der Waals surface area (Å²) in [5, 5.41) is 2.86. The number of carbonyl (C=O) groups excluding carboxylic acids is 1. The Labute approximate surface area is 83.1 Å². The van der Waals surface area contributed by atoms with Crippen LogP contribution in [-0.2, 0) is 6.42 Å². The summed E-state index contributed by atoms with van der Waals surface area (Å²) in [5.74, 6) is 0.846. The van der Waals surface area contributed by atoms with Gasteiger partial charge in [0.2, 0.25) is 0 Å². The zero-order valence-electron chi connectivity index (χ0n) is 8.17. The lowest BCUT2D eigenvalue weighted by Gasteiger charge is -2.06. The van der Waals surface area contributed by atoms with E-state index in [-0.39, 0.29) is 5.91 Å². The summed E-state index contributed by atoms with van der Waals surface area (Å²) in [6, 6.07) is 5.60. The summed E-state index contributed by atoms with van der Waals surface area (Å²) in [6.45, 7) is 0.760. The summed E-state index contributed by atoms with van der Waals surface area (Å²) in [5.41, 5.74) is 1.86. The standard InChI is InChI=1S/C11H13NO2/c1-14-9-4-5-10-8(7-9)3-2-6-12-11(10)13/h4-5,7H,2-3,6H2,1H3,(H,12,13). The molecule has 2 rings (SSSR count). The predicted molar refractivity (Wildman–Crippen MR) is 53.6 cm³/mol. The first-order chi connectivity index (χ1) is 6.81. The number of ether oxygens (including phenoxy) is 1. The van der Waals surface area contributed by atoms with Crippen LogP contribution in [0.4, 0.5) is 0 Å². The van der Waals surface area contributed by atoms with Gasteiger partial charge in [0, 0.05) is 12.1 Å². The summed E-state index contributed by atoms with van der Waals surface area (Å²) in [7, 11) is 1.64. The van der Waals surface area contributed by atoms with E-state index in [4.69, 9.17) is 4.74 Å². The van der Waals surface area contributed by atoms with Gasteiger partial charge in [0.05, 0.1) is 7.11 Å². The third-order valence-electron chi connectivity index (χ3n) is 2.47. The lowest BCUT2D eigenvalue weighted by molar-refractivity contribution is 0.0956. The molecule has 1 aliphatic heterocycles. The maximum Gasteiger partial charge on any atom is 0.251 e. The maximum atomic E-state index is 11.6. The fourth-order valence-electron chi connectivity index (χ4n) is 1.70. The number of rotatable bonds is 1. The number of carbonyl (C=O) groups is 1. The van der Waals surface area contributed by atoms with E-state index < -0.39 is 0 Å². The van der Waals surface area contributed by atoms with Gasteiger partial charge in [-0.25, -0.2) is 0 Å². The van der Waals surface area contributed by atoms with Gasteiger partial charge in [-0.2, -0.15) is 0 Å². The number of methoxy groups -OCH3 is 1. The molecule has 0 radical (unpaired) electrons. The second kappa shape index (κ2) is 3.70. The molecule has 0 fully saturated rings. The Bertz CT molecular complexity index is 360. The minimum absolute atomic E-state index is 0.0279. The molecule has 1 amide bonds. The van der Waals surface area contributed by atoms with Crippen LogP contribution in [0.3, 0.4) is 0 Å². The highest BCUT2D eigenvalue weighted by Crippen LogP contribution is 2.20. The summed E-state index contributed by atoms with van der Waals surface area (Å²) in [4.78, 5) is 11.6. The molecule has 0 bridgehead atoms. The van der Waals surface area contributed by atoms with Crippen LogP contribution in [0.5, 0.6) is 5.75 Å². The van der Waals surface area contributed by atoms with Crippen molar-refractivity contribution in [2.75, 3.05) is 13.7 Å². The van der Waals surface area contributed by atoms with E-state index >= 15 is 0 Å². The molecule has 0 atom stereocenters. The van der Waals surface area contributed by atoms with Crippen molar-refractivity contribution in [3.8, 4) is 5.75 Å². The Morgan fingerprint density at radius 2 is 2.29 bits per heavy atom.